The lowest BCUT2D eigenvalue weighted by Gasteiger charge is -2.20. The second-order valence-electron chi connectivity index (χ2n) is 8.21. The summed E-state index contributed by atoms with van der Waals surface area (Å²) in [6.45, 7) is 14.0. The maximum atomic E-state index is 11.8. The molecule has 1 heterocycles. The quantitative estimate of drug-likeness (QED) is 0.428. The number of benzene rings is 1. The zero-order chi connectivity index (χ0) is 20.6. The number of amides is 1. The fourth-order valence-electron chi connectivity index (χ4n) is 3.21. The number of nitrogens with zero attached hydrogens (tertiary/aromatic N) is 2. The van der Waals surface area contributed by atoms with Crippen molar-refractivity contribution in [2.45, 2.75) is 58.9 Å². The molecule has 1 aliphatic heterocycles. The first kappa shape index (κ1) is 22.1. The molecule has 1 atom stereocenters. The summed E-state index contributed by atoms with van der Waals surface area (Å²) < 4.78 is 5.89. The normalized spacial score (nSPS) is 17.5. The molecule has 2 N–H and O–H groups in total. The van der Waals surface area contributed by atoms with Crippen LogP contribution in [-0.4, -0.2) is 55.6 Å². The van der Waals surface area contributed by atoms with Crippen LogP contribution in [0.2, 0.25) is 0 Å². The molecule has 1 aromatic carbocycles. The fourth-order valence-corrected chi connectivity index (χ4v) is 3.21. The number of ether oxygens (including phenoxy) is 1. The first-order valence-corrected chi connectivity index (χ1v) is 10.4. The summed E-state index contributed by atoms with van der Waals surface area (Å²) in [6, 6.07) is 8.50. The lowest BCUT2D eigenvalue weighted by atomic mass is 9.87. The molecule has 1 saturated heterocycles. The molecule has 28 heavy (non-hydrogen) atoms. The van der Waals surface area contributed by atoms with Crippen molar-refractivity contribution in [2.75, 3.05) is 32.8 Å². The summed E-state index contributed by atoms with van der Waals surface area (Å²) >= 11 is 0. The van der Waals surface area contributed by atoms with Crippen molar-refractivity contribution < 1.29 is 9.53 Å². The molecule has 156 valence electrons. The number of rotatable bonds is 7. The van der Waals surface area contributed by atoms with E-state index >= 15 is 0 Å². The van der Waals surface area contributed by atoms with Gasteiger partial charge in [-0.2, -0.15) is 0 Å². The Balaban J connectivity index is 1.84. The van der Waals surface area contributed by atoms with Gasteiger partial charge in [-0.05, 0) is 36.5 Å². The molecule has 1 amide bonds. The molecule has 0 aromatic heterocycles. The Hall–Kier alpha value is -2.24. The Bertz CT molecular complexity index is 667. The van der Waals surface area contributed by atoms with Crippen molar-refractivity contribution in [1.29, 1.82) is 0 Å². The van der Waals surface area contributed by atoms with E-state index in [1.165, 1.54) is 5.56 Å². The van der Waals surface area contributed by atoms with E-state index in [-0.39, 0.29) is 17.4 Å². The standard InChI is InChI=1S/C22H36N4O2/c1-6-20(27)26-13-11-18(16-26)25-21(23-7-2)24-12-14-28-19-10-8-9-17(15-19)22(3,4)5/h8-10,15,18H,6-7,11-14,16H2,1-5H3,(H2,23,24,25). The molecule has 1 fully saturated rings. The third-order valence-electron chi connectivity index (χ3n) is 4.86. The molecule has 2 rings (SSSR count). The van der Waals surface area contributed by atoms with Gasteiger partial charge in [0.2, 0.25) is 5.91 Å². The average Bonchev–Trinajstić information content (AvgIpc) is 3.13. The number of likely N-dealkylation sites (tertiary alicyclic amines) is 1. The van der Waals surface area contributed by atoms with Gasteiger partial charge in [0.15, 0.2) is 5.96 Å². The van der Waals surface area contributed by atoms with Gasteiger partial charge in [0.1, 0.15) is 12.4 Å². The van der Waals surface area contributed by atoms with Crippen molar-refractivity contribution in [2.24, 2.45) is 4.99 Å². The van der Waals surface area contributed by atoms with E-state index in [0.29, 0.717) is 19.6 Å². The molecule has 0 spiro atoms. The predicted molar refractivity (Wildman–Crippen MR) is 115 cm³/mol. The fraction of sp³-hybridized carbons (Fsp3) is 0.636. The van der Waals surface area contributed by atoms with Gasteiger partial charge in [-0.25, -0.2) is 4.99 Å². The molecule has 0 saturated carbocycles. The number of aliphatic imine (C=N–C) groups is 1. The third kappa shape index (κ3) is 6.73. The first-order valence-electron chi connectivity index (χ1n) is 10.4. The molecule has 0 bridgehead atoms. The highest BCUT2D eigenvalue weighted by Crippen LogP contribution is 2.25. The molecular formula is C22H36N4O2. The Kier molecular flexibility index (Phi) is 8.15. The van der Waals surface area contributed by atoms with Crippen LogP contribution in [0.1, 0.15) is 53.0 Å². The molecule has 1 aromatic rings. The molecule has 6 nitrogen and oxygen atoms in total. The SMILES string of the molecule is CCNC(=NCCOc1cccc(C(C)(C)C)c1)NC1CCN(C(=O)CC)C1. The second-order valence-corrected chi connectivity index (χ2v) is 8.21. The zero-order valence-electron chi connectivity index (χ0n) is 18.0. The Morgan fingerprint density at radius 3 is 2.79 bits per heavy atom. The van der Waals surface area contributed by atoms with Crippen LogP contribution in [0, 0.1) is 0 Å². The van der Waals surface area contributed by atoms with Crippen molar-refractivity contribution in [3.8, 4) is 5.75 Å². The van der Waals surface area contributed by atoms with Gasteiger partial charge in [-0.15, -0.1) is 0 Å². The summed E-state index contributed by atoms with van der Waals surface area (Å²) in [7, 11) is 0. The summed E-state index contributed by atoms with van der Waals surface area (Å²) in [4.78, 5) is 18.4. The van der Waals surface area contributed by atoms with E-state index in [0.717, 1.165) is 37.8 Å². The van der Waals surface area contributed by atoms with Gasteiger partial charge in [-0.1, -0.05) is 39.8 Å². The van der Waals surface area contributed by atoms with Crippen molar-refractivity contribution in [3.05, 3.63) is 29.8 Å². The largest absolute Gasteiger partial charge is 0.492 e. The molecule has 6 heteroatoms. The predicted octanol–water partition coefficient (Wildman–Crippen LogP) is 2.93. The number of nitrogens with one attached hydrogen (secondary N) is 2. The molecule has 1 unspecified atom stereocenters. The maximum Gasteiger partial charge on any atom is 0.222 e. The van der Waals surface area contributed by atoms with E-state index in [4.69, 9.17) is 4.74 Å². The highest BCUT2D eigenvalue weighted by Gasteiger charge is 2.25. The number of guanidine groups is 1. The summed E-state index contributed by atoms with van der Waals surface area (Å²) in [5.74, 6) is 1.88. The van der Waals surface area contributed by atoms with Crippen molar-refractivity contribution in [3.63, 3.8) is 0 Å². The zero-order valence-corrected chi connectivity index (χ0v) is 18.0. The Labute approximate surface area is 169 Å². The lowest BCUT2D eigenvalue weighted by molar-refractivity contribution is -0.129. The highest BCUT2D eigenvalue weighted by molar-refractivity contribution is 5.80. The lowest BCUT2D eigenvalue weighted by Crippen LogP contribution is -2.45. The summed E-state index contributed by atoms with van der Waals surface area (Å²) in [5.41, 5.74) is 1.37. The van der Waals surface area contributed by atoms with Crippen LogP contribution in [0.15, 0.2) is 29.3 Å². The van der Waals surface area contributed by atoms with Gasteiger partial charge in [0.05, 0.1) is 6.54 Å². The van der Waals surface area contributed by atoms with Gasteiger partial charge < -0.3 is 20.3 Å². The smallest absolute Gasteiger partial charge is 0.222 e. The monoisotopic (exact) mass is 388 g/mol. The summed E-state index contributed by atoms with van der Waals surface area (Å²) in [5, 5.41) is 6.72. The highest BCUT2D eigenvalue weighted by atomic mass is 16.5. The van der Waals surface area contributed by atoms with Crippen LogP contribution in [-0.2, 0) is 10.2 Å². The maximum absolute atomic E-state index is 11.8. The van der Waals surface area contributed by atoms with Crippen LogP contribution in [0.3, 0.4) is 0 Å². The molecular weight excluding hydrogens is 352 g/mol. The van der Waals surface area contributed by atoms with E-state index in [1.54, 1.807) is 0 Å². The van der Waals surface area contributed by atoms with Crippen LogP contribution in [0.5, 0.6) is 5.75 Å². The van der Waals surface area contributed by atoms with Gasteiger partial charge in [0.25, 0.3) is 0 Å². The average molecular weight is 389 g/mol. The van der Waals surface area contributed by atoms with E-state index in [1.807, 2.05) is 30.9 Å². The van der Waals surface area contributed by atoms with Crippen molar-refractivity contribution in [1.82, 2.24) is 15.5 Å². The number of carbonyl (C=O) groups is 1. The number of carbonyl (C=O) groups excluding carboxylic acids is 1. The van der Waals surface area contributed by atoms with Crippen LogP contribution < -0.4 is 15.4 Å². The number of hydrogen-bond donors (Lipinski definition) is 2. The van der Waals surface area contributed by atoms with E-state index in [9.17, 15) is 4.79 Å². The minimum Gasteiger partial charge on any atom is -0.492 e. The van der Waals surface area contributed by atoms with Gasteiger partial charge in [-0.3, -0.25) is 4.79 Å². The number of hydrogen-bond acceptors (Lipinski definition) is 3. The van der Waals surface area contributed by atoms with Crippen LogP contribution in [0.4, 0.5) is 0 Å². The third-order valence-corrected chi connectivity index (χ3v) is 4.86. The van der Waals surface area contributed by atoms with E-state index < -0.39 is 0 Å². The molecule has 0 radical (unpaired) electrons. The first-order chi connectivity index (χ1) is 13.3. The minimum absolute atomic E-state index is 0.105. The Morgan fingerprint density at radius 1 is 1.32 bits per heavy atom. The molecule has 0 aliphatic carbocycles. The van der Waals surface area contributed by atoms with Crippen molar-refractivity contribution >= 4 is 11.9 Å². The van der Waals surface area contributed by atoms with Gasteiger partial charge >= 0.3 is 0 Å². The van der Waals surface area contributed by atoms with Crippen LogP contribution >= 0.6 is 0 Å². The Morgan fingerprint density at radius 2 is 2.11 bits per heavy atom. The van der Waals surface area contributed by atoms with Gasteiger partial charge in [0, 0.05) is 32.1 Å². The topological polar surface area (TPSA) is 66.0 Å². The molecule has 1 aliphatic rings. The summed E-state index contributed by atoms with van der Waals surface area (Å²) in [6.07, 6.45) is 1.51. The second kappa shape index (κ2) is 10.3. The van der Waals surface area contributed by atoms with E-state index in [2.05, 4.69) is 48.5 Å². The minimum atomic E-state index is 0.105. The van der Waals surface area contributed by atoms with Crippen LogP contribution in [0.25, 0.3) is 0 Å².